The Morgan fingerprint density at radius 1 is 1.11 bits per heavy atom. The van der Waals surface area contributed by atoms with Gasteiger partial charge in [0, 0.05) is 13.1 Å². The Morgan fingerprint density at radius 3 is 2.57 bits per heavy atom. The number of hydrogen-bond donors (Lipinski definition) is 1. The van der Waals surface area contributed by atoms with Gasteiger partial charge in [0.1, 0.15) is 11.9 Å². The molecule has 0 radical (unpaired) electrons. The average molecular weight is 401 g/mol. The molecule has 1 N–H and O–H groups in total. The molecule has 4 rings (SSSR count). The van der Waals surface area contributed by atoms with E-state index in [9.17, 15) is 9.18 Å². The predicted octanol–water partition coefficient (Wildman–Crippen LogP) is 3.98. The van der Waals surface area contributed by atoms with Gasteiger partial charge in [-0.2, -0.15) is 0 Å². The van der Waals surface area contributed by atoms with Gasteiger partial charge in [-0.15, -0.1) is 5.10 Å². The topological polar surface area (TPSA) is 71.3 Å². The Labute approximate surface area is 166 Å². The summed E-state index contributed by atoms with van der Waals surface area (Å²) in [5, 5.41) is 11.1. The van der Waals surface area contributed by atoms with Crippen molar-refractivity contribution in [3.63, 3.8) is 0 Å². The van der Waals surface area contributed by atoms with Crippen molar-refractivity contribution in [3.8, 4) is 0 Å². The summed E-state index contributed by atoms with van der Waals surface area (Å²) in [7, 11) is 0. The van der Waals surface area contributed by atoms with Crippen LogP contribution in [-0.2, 0) is 0 Å². The van der Waals surface area contributed by atoms with Crippen molar-refractivity contribution in [2.24, 2.45) is 0 Å². The van der Waals surface area contributed by atoms with E-state index >= 15 is 0 Å². The SMILES string of the molecule is O=C(N[C@H](c1ccccc1)c1nnc(N2CCCC2)o1)c1c(F)cccc1Cl. The third kappa shape index (κ3) is 3.71. The number of nitrogens with zero attached hydrogens (tertiary/aromatic N) is 3. The lowest BCUT2D eigenvalue weighted by Crippen LogP contribution is -2.30. The Kier molecular flexibility index (Phi) is 5.25. The maximum Gasteiger partial charge on any atom is 0.318 e. The Hall–Kier alpha value is -2.93. The van der Waals surface area contributed by atoms with Crippen LogP contribution in [0.4, 0.5) is 10.4 Å². The summed E-state index contributed by atoms with van der Waals surface area (Å²) in [5.41, 5.74) is 0.518. The van der Waals surface area contributed by atoms with Crippen molar-refractivity contribution in [1.82, 2.24) is 15.5 Å². The van der Waals surface area contributed by atoms with Crippen molar-refractivity contribution in [2.45, 2.75) is 18.9 Å². The third-order valence-electron chi connectivity index (χ3n) is 4.65. The van der Waals surface area contributed by atoms with E-state index in [-0.39, 0.29) is 16.5 Å². The van der Waals surface area contributed by atoms with Gasteiger partial charge in [-0.3, -0.25) is 4.79 Å². The first kappa shape index (κ1) is 18.4. The van der Waals surface area contributed by atoms with E-state index in [1.165, 1.54) is 18.2 Å². The summed E-state index contributed by atoms with van der Waals surface area (Å²) in [4.78, 5) is 14.8. The number of anilines is 1. The summed E-state index contributed by atoms with van der Waals surface area (Å²) in [6.45, 7) is 1.71. The molecular formula is C20H18ClFN4O2. The van der Waals surface area contributed by atoms with Crippen molar-refractivity contribution >= 4 is 23.5 Å². The van der Waals surface area contributed by atoms with Crippen LogP contribution in [-0.4, -0.2) is 29.2 Å². The number of carbonyl (C=O) groups is 1. The molecule has 28 heavy (non-hydrogen) atoms. The standard InChI is InChI=1S/C20H18ClFN4O2/c21-14-9-6-10-15(22)16(14)18(27)23-17(13-7-2-1-3-8-13)19-24-25-20(28-19)26-11-4-5-12-26/h1-3,6-10,17H,4-5,11-12H2,(H,23,27)/t17-/m1/s1. The first-order chi connectivity index (χ1) is 13.6. The van der Waals surface area contributed by atoms with E-state index in [1.807, 2.05) is 35.2 Å². The van der Waals surface area contributed by atoms with Gasteiger partial charge >= 0.3 is 6.01 Å². The van der Waals surface area contributed by atoms with Crippen LogP contribution in [0.1, 0.15) is 40.7 Å². The molecule has 1 saturated heterocycles. The monoisotopic (exact) mass is 400 g/mol. The molecule has 1 aliphatic heterocycles. The molecule has 0 aliphatic carbocycles. The summed E-state index contributed by atoms with van der Waals surface area (Å²) in [6, 6.07) is 13.0. The molecule has 1 atom stereocenters. The van der Waals surface area contributed by atoms with Gasteiger partial charge in [0.15, 0.2) is 0 Å². The number of hydrogen-bond acceptors (Lipinski definition) is 5. The fourth-order valence-electron chi connectivity index (χ4n) is 3.23. The highest BCUT2D eigenvalue weighted by molar-refractivity contribution is 6.33. The van der Waals surface area contributed by atoms with Crippen molar-refractivity contribution in [2.75, 3.05) is 18.0 Å². The normalized spacial score (nSPS) is 14.9. The molecule has 0 saturated carbocycles. The average Bonchev–Trinajstić information content (AvgIpc) is 3.38. The minimum absolute atomic E-state index is 0.0348. The highest BCUT2D eigenvalue weighted by atomic mass is 35.5. The lowest BCUT2D eigenvalue weighted by Gasteiger charge is -2.17. The van der Waals surface area contributed by atoms with Crippen LogP contribution in [0.5, 0.6) is 0 Å². The van der Waals surface area contributed by atoms with Gasteiger partial charge in [0.25, 0.3) is 5.91 Å². The Balaban J connectivity index is 1.66. The van der Waals surface area contributed by atoms with E-state index in [1.54, 1.807) is 0 Å². The molecule has 0 unspecified atom stereocenters. The minimum atomic E-state index is -0.728. The third-order valence-corrected chi connectivity index (χ3v) is 4.97. The summed E-state index contributed by atoms with van der Waals surface area (Å²) >= 11 is 6.03. The number of benzene rings is 2. The van der Waals surface area contributed by atoms with Gasteiger partial charge in [-0.25, -0.2) is 4.39 Å². The molecule has 0 spiro atoms. The lowest BCUT2D eigenvalue weighted by atomic mass is 10.1. The van der Waals surface area contributed by atoms with Crippen molar-refractivity contribution in [3.05, 3.63) is 76.4 Å². The van der Waals surface area contributed by atoms with E-state index in [2.05, 4.69) is 15.5 Å². The van der Waals surface area contributed by atoms with Gasteiger partial charge in [-0.1, -0.05) is 53.1 Å². The molecule has 1 aliphatic rings. The maximum absolute atomic E-state index is 14.2. The molecule has 144 valence electrons. The van der Waals surface area contributed by atoms with Crippen LogP contribution in [0.15, 0.2) is 52.9 Å². The second kappa shape index (κ2) is 7.98. The molecule has 8 heteroatoms. The van der Waals surface area contributed by atoms with Crippen LogP contribution < -0.4 is 10.2 Å². The molecular weight excluding hydrogens is 383 g/mol. The Bertz CT molecular complexity index is 953. The Morgan fingerprint density at radius 2 is 1.86 bits per heavy atom. The zero-order chi connectivity index (χ0) is 19.5. The van der Waals surface area contributed by atoms with Crippen LogP contribution in [0, 0.1) is 5.82 Å². The van der Waals surface area contributed by atoms with Gasteiger partial charge in [0.2, 0.25) is 5.89 Å². The fourth-order valence-corrected chi connectivity index (χ4v) is 3.48. The van der Waals surface area contributed by atoms with Crippen molar-refractivity contribution < 1.29 is 13.6 Å². The fraction of sp³-hybridized carbons (Fsp3) is 0.250. The molecule has 1 fully saturated rings. The molecule has 3 aromatic rings. The number of carbonyl (C=O) groups excluding carboxylic acids is 1. The first-order valence-corrected chi connectivity index (χ1v) is 9.39. The van der Waals surface area contributed by atoms with Crippen molar-refractivity contribution in [1.29, 1.82) is 0 Å². The molecule has 0 bridgehead atoms. The van der Waals surface area contributed by atoms with E-state index in [0.29, 0.717) is 6.01 Å². The second-order valence-corrected chi connectivity index (χ2v) is 6.94. The van der Waals surface area contributed by atoms with Crippen LogP contribution >= 0.6 is 11.6 Å². The van der Waals surface area contributed by atoms with E-state index in [0.717, 1.165) is 31.5 Å². The maximum atomic E-state index is 14.2. The van der Waals surface area contributed by atoms with Crippen LogP contribution in [0.25, 0.3) is 0 Å². The summed E-state index contributed by atoms with van der Waals surface area (Å²) < 4.78 is 20.0. The summed E-state index contributed by atoms with van der Waals surface area (Å²) in [5.74, 6) is -1.12. The molecule has 2 heterocycles. The molecule has 6 nitrogen and oxygen atoms in total. The quantitative estimate of drug-likeness (QED) is 0.701. The highest BCUT2D eigenvalue weighted by Gasteiger charge is 2.27. The van der Waals surface area contributed by atoms with Gasteiger partial charge in [-0.05, 0) is 30.5 Å². The molecule has 1 amide bonds. The summed E-state index contributed by atoms with van der Waals surface area (Å²) in [6.07, 6.45) is 2.14. The van der Waals surface area contributed by atoms with Crippen LogP contribution in [0.3, 0.4) is 0 Å². The zero-order valence-electron chi connectivity index (χ0n) is 14.9. The highest BCUT2D eigenvalue weighted by Crippen LogP contribution is 2.27. The number of halogens is 2. The number of rotatable bonds is 5. The smallest absolute Gasteiger partial charge is 0.318 e. The molecule has 1 aromatic heterocycles. The van der Waals surface area contributed by atoms with E-state index in [4.69, 9.17) is 16.0 Å². The molecule has 2 aromatic carbocycles. The zero-order valence-corrected chi connectivity index (χ0v) is 15.7. The van der Waals surface area contributed by atoms with Gasteiger partial charge in [0.05, 0.1) is 10.6 Å². The number of amides is 1. The predicted molar refractivity (Wildman–Crippen MR) is 103 cm³/mol. The number of nitrogens with one attached hydrogen (secondary N) is 1. The first-order valence-electron chi connectivity index (χ1n) is 9.01. The lowest BCUT2D eigenvalue weighted by molar-refractivity contribution is 0.0934. The second-order valence-electron chi connectivity index (χ2n) is 6.53. The van der Waals surface area contributed by atoms with Crippen LogP contribution in [0.2, 0.25) is 5.02 Å². The van der Waals surface area contributed by atoms with Gasteiger partial charge < -0.3 is 14.6 Å². The minimum Gasteiger partial charge on any atom is -0.405 e. The number of aromatic nitrogens is 2. The van der Waals surface area contributed by atoms with E-state index < -0.39 is 17.8 Å². The largest absolute Gasteiger partial charge is 0.405 e.